The van der Waals surface area contributed by atoms with Gasteiger partial charge >= 0.3 is 5.97 Å². The average molecular weight is 453 g/mol. The molecule has 4 heteroatoms. The third-order valence-corrected chi connectivity index (χ3v) is 6.48. The number of amidine groups is 1. The topological polar surface area (TPSA) is 76.2 Å². The van der Waals surface area contributed by atoms with Crippen LogP contribution in [0.2, 0.25) is 0 Å². The molecule has 0 amide bonds. The first-order valence-electron chi connectivity index (χ1n) is 13.1. The number of nitrogens with one attached hydrogen (secondary N) is 1. The van der Waals surface area contributed by atoms with Gasteiger partial charge in [0.1, 0.15) is 5.75 Å². The minimum absolute atomic E-state index is 0.149. The summed E-state index contributed by atoms with van der Waals surface area (Å²) in [5.41, 5.74) is 5.84. The molecule has 0 radical (unpaired) electrons. The van der Waals surface area contributed by atoms with Gasteiger partial charge in [-0.25, -0.2) is 0 Å². The zero-order chi connectivity index (χ0) is 23.7. The van der Waals surface area contributed by atoms with Crippen molar-refractivity contribution in [2.45, 2.75) is 103 Å². The smallest absolute Gasteiger partial charge is 0.311 e. The predicted molar refractivity (Wildman–Crippen MR) is 140 cm³/mol. The summed E-state index contributed by atoms with van der Waals surface area (Å²) in [6.07, 6.45) is 17.1. The van der Waals surface area contributed by atoms with E-state index in [9.17, 15) is 4.79 Å². The first kappa shape index (κ1) is 26.9. The van der Waals surface area contributed by atoms with Crippen LogP contribution in [0.4, 0.5) is 0 Å². The van der Waals surface area contributed by atoms with Gasteiger partial charge in [-0.3, -0.25) is 10.2 Å². The summed E-state index contributed by atoms with van der Waals surface area (Å²) in [6, 6.07) is 13.8. The van der Waals surface area contributed by atoms with Gasteiger partial charge in [-0.1, -0.05) is 108 Å². The molecule has 3 N–H and O–H groups in total. The van der Waals surface area contributed by atoms with Gasteiger partial charge in [0.15, 0.2) is 0 Å². The largest absolute Gasteiger partial charge is 0.427 e. The summed E-state index contributed by atoms with van der Waals surface area (Å²) in [5, 5.41) is 10.1. The van der Waals surface area contributed by atoms with Crippen molar-refractivity contribution in [2.24, 2.45) is 11.7 Å². The number of carbonyl (C=O) groups excluding carboxylic acids is 1. The molecule has 0 fully saturated rings. The minimum Gasteiger partial charge on any atom is -0.427 e. The van der Waals surface area contributed by atoms with Crippen LogP contribution in [-0.2, 0) is 4.79 Å². The van der Waals surface area contributed by atoms with Crippen LogP contribution in [0, 0.1) is 11.3 Å². The number of unbranched alkanes of at least 4 members (excludes halogenated alkanes) is 10. The first-order valence-corrected chi connectivity index (χ1v) is 13.1. The van der Waals surface area contributed by atoms with Crippen LogP contribution in [0.1, 0.15) is 103 Å². The Labute approximate surface area is 200 Å². The summed E-state index contributed by atoms with van der Waals surface area (Å²) in [5.74, 6) is 0.848. The SMILES string of the molecule is CCCCCCCCCCCCC(CCCCC(=O)Oc1ccc2ccccc2c1)C(=N)N. The van der Waals surface area contributed by atoms with E-state index >= 15 is 0 Å². The number of ether oxygens (including phenoxy) is 1. The molecule has 0 aliphatic heterocycles. The highest BCUT2D eigenvalue weighted by Crippen LogP contribution is 2.22. The maximum atomic E-state index is 12.2. The Morgan fingerprint density at radius 2 is 1.39 bits per heavy atom. The number of carbonyl (C=O) groups is 1. The lowest BCUT2D eigenvalue weighted by Crippen LogP contribution is -2.22. The second kappa shape index (κ2) is 16.3. The number of esters is 1. The third kappa shape index (κ3) is 11.4. The fraction of sp³-hybridized carbons (Fsp3) is 0.586. The third-order valence-electron chi connectivity index (χ3n) is 6.48. The van der Waals surface area contributed by atoms with Crippen LogP contribution in [0.3, 0.4) is 0 Å². The van der Waals surface area contributed by atoms with Crippen LogP contribution in [0.15, 0.2) is 42.5 Å². The minimum atomic E-state index is -0.195. The Balaban J connectivity index is 1.55. The average Bonchev–Trinajstić information content (AvgIpc) is 2.81. The van der Waals surface area contributed by atoms with Crippen LogP contribution < -0.4 is 10.5 Å². The number of hydrogen-bond acceptors (Lipinski definition) is 3. The maximum absolute atomic E-state index is 12.2. The highest BCUT2D eigenvalue weighted by molar-refractivity contribution is 5.84. The predicted octanol–water partition coefficient (Wildman–Crippen LogP) is 8.17. The molecule has 0 saturated heterocycles. The monoisotopic (exact) mass is 452 g/mol. The number of fused-ring (bicyclic) bond motifs is 1. The van der Waals surface area contributed by atoms with Crippen molar-refractivity contribution in [3.63, 3.8) is 0 Å². The van der Waals surface area contributed by atoms with Gasteiger partial charge in [-0.05, 0) is 42.2 Å². The molecule has 0 spiro atoms. The van der Waals surface area contributed by atoms with E-state index in [-0.39, 0.29) is 11.9 Å². The molecule has 2 rings (SSSR count). The molecule has 0 bridgehead atoms. The molecule has 2 aromatic carbocycles. The molecular formula is C29H44N2O2. The highest BCUT2D eigenvalue weighted by atomic mass is 16.5. The molecular weight excluding hydrogens is 408 g/mol. The lowest BCUT2D eigenvalue weighted by Gasteiger charge is -2.15. The van der Waals surface area contributed by atoms with Gasteiger partial charge in [-0.2, -0.15) is 0 Å². The fourth-order valence-corrected chi connectivity index (χ4v) is 4.41. The highest BCUT2D eigenvalue weighted by Gasteiger charge is 2.13. The van der Waals surface area contributed by atoms with Gasteiger partial charge in [-0.15, -0.1) is 0 Å². The molecule has 182 valence electrons. The van der Waals surface area contributed by atoms with Crippen LogP contribution in [0.25, 0.3) is 10.8 Å². The van der Waals surface area contributed by atoms with Crippen molar-refractivity contribution >= 4 is 22.6 Å². The Hall–Kier alpha value is -2.36. The number of benzene rings is 2. The molecule has 1 atom stereocenters. The zero-order valence-corrected chi connectivity index (χ0v) is 20.6. The van der Waals surface area contributed by atoms with E-state index in [1.165, 1.54) is 57.8 Å². The van der Waals surface area contributed by atoms with E-state index in [2.05, 4.69) is 6.92 Å². The van der Waals surface area contributed by atoms with Crippen LogP contribution in [0.5, 0.6) is 5.75 Å². The van der Waals surface area contributed by atoms with E-state index in [1.54, 1.807) is 0 Å². The van der Waals surface area contributed by atoms with Crippen LogP contribution in [-0.4, -0.2) is 11.8 Å². The second-order valence-electron chi connectivity index (χ2n) is 9.35. The van der Waals surface area contributed by atoms with Crippen molar-refractivity contribution in [3.05, 3.63) is 42.5 Å². The normalized spacial score (nSPS) is 12.0. The van der Waals surface area contributed by atoms with Gasteiger partial charge in [0.25, 0.3) is 0 Å². The number of nitrogens with two attached hydrogens (primary N) is 1. The van der Waals surface area contributed by atoms with Crippen molar-refractivity contribution in [3.8, 4) is 5.75 Å². The molecule has 1 unspecified atom stereocenters. The molecule has 2 aromatic rings. The summed E-state index contributed by atoms with van der Waals surface area (Å²) in [4.78, 5) is 12.2. The first-order chi connectivity index (χ1) is 16.1. The Morgan fingerprint density at radius 1 is 0.818 bits per heavy atom. The quantitative estimate of drug-likeness (QED) is 0.0787. The van der Waals surface area contributed by atoms with Gasteiger partial charge in [0.05, 0.1) is 5.84 Å². The Kier molecular flexibility index (Phi) is 13.3. The number of hydrogen-bond donors (Lipinski definition) is 2. The second-order valence-corrected chi connectivity index (χ2v) is 9.35. The molecule has 0 aliphatic rings. The van der Waals surface area contributed by atoms with Crippen molar-refractivity contribution < 1.29 is 9.53 Å². The van der Waals surface area contributed by atoms with Gasteiger partial charge in [0.2, 0.25) is 0 Å². The molecule has 0 heterocycles. The number of rotatable bonds is 18. The van der Waals surface area contributed by atoms with E-state index < -0.39 is 0 Å². The van der Waals surface area contributed by atoms with E-state index in [0.29, 0.717) is 18.0 Å². The van der Waals surface area contributed by atoms with E-state index in [0.717, 1.165) is 42.9 Å². The molecule has 0 saturated carbocycles. The lowest BCUT2D eigenvalue weighted by atomic mass is 9.93. The molecule has 33 heavy (non-hydrogen) atoms. The molecule has 4 nitrogen and oxygen atoms in total. The zero-order valence-electron chi connectivity index (χ0n) is 20.6. The summed E-state index contributed by atoms with van der Waals surface area (Å²) < 4.78 is 5.51. The summed E-state index contributed by atoms with van der Waals surface area (Å²) in [6.45, 7) is 2.26. The summed E-state index contributed by atoms with van der Waals surface area (Å²) >= 11 is 0. The van der Waals surface area contributed by atoms with Crippen LogP contribution >= 0.6 is 0 Å². The Morgan fingerprint density at radius 3 is 2.03 bits per heavy atom. The Bertz CT molecular complexity index is 833. The molecule has 0 aliphatic carbocycles. The lowest BCUT2D eigenvalue weighted by molar-refractivity contribution is -0.134. The molecule has 0 aromatic heterocycles. The van der Waals surface area contributed by atoms with Crippen molar-refractivity contribution in [1.29, 1.82) is 5.41 Å². The maximum Gasteiger partial charge on any atom is 0.311 e. The van der Waals surface area contributed by atoms with E-state index in [4.69, 9.17) is 15.9 Å². The van der Waals surface area contributed by atoms with Crippen molar-refractivity contribution in [2.75, 3.05) is 0 Å². The summed E-state index contributed by atoms with van der Waals surface area (Å²) in [7, 11) is 0. The van der Waals surface area contributed by atoms with E-state index in [1.807, 2.05) is 42.5 Å². The van der Waals surface area contributed by atoms with Gasteiger partial charge < -0.3 is 10.5 Å². The van der Waals surface area contributed by atoms with Gasteiger partial charge in [0, 0.05) is 12.3 Å². The fourth-order valence-electron chi connectivity index (χ4n) is 4.41. The van der Waals surface area contributed by atoms with Crippen molar-refractivity contribution in [1.82, 2.24) is 0 Å². The standard InChI is InChI=1S/C29H44N2O2/c1-2-3-4-5-6-7-8-9-10-11-17-25(29(30)31)18-14-15-20-28(32)33-27-22-21-24-16-12-13-19-26(24)23-27/h12-13,16,19,21-23,25H,2-11,14-15,17-18,20H2,1H3,(H3,30,31).